The first-order valence-electron chi connectivity index (χ1n) is 21.6. The standard InChI is InChI=1S/C19H21NO5.C16H15NO4.C16H23NO4/c1-24-16-7-4-6-15(18(16)25-2)19(23)20-14-11-9-13(10-12-14)5-3-8-17(21)22;1-10(16(20)21)11-6-8-12(9-7-11)17-15(19)13-4-2-3-5-14(13)18;1-12-8-9-13(14(18)11-12)16(21)17-10-6-4-2-3-5-7-15(19)20/h4,6-7,9-12H,3,5,8H2,1-2H3,(H,20,23)(H,21,22);2-10,18H,1H3,(H,17,19)(H,20,21);8-9,11,18H,2-7,10H2,1H3,(H,17,21)(H,19,20). The molecule has 1 atom stereocenters. The van der Waals surface area contributed by atoms with E-state index in [4.69, 9.17) is 24.8 Å². The number of ether oxygens (including phenoxy) is 2. The summed E-state index contributed by atoms with van der Waals surface area (Å²) in [6.07, 6.45) is 6.03. The monoisotopic (exact) mass is 921 g/mol. The van der Waals surface area contributed by atoms with Gasteiger partial charge in [-0.1, -0.05) is 67.8 Å². The Hall–Kier alpha value is -7.88. The fourth-order valence-corrected chi connectivity index (χ4v) is 6.39. The minimum absolute atomic E-state index is 0.00108. The van der Waals surface area contributed by atoms with Crippen molar-refractivity contribution in [3.05, 3.63) is 143 Å². The molecule has 67 heavy (non-hydrogen) atoms. The third-order valence-corrected chi connectivity index (χ3v) is 10.2. The highest BCUT2D eigenvalue weighted by Gasteiger charge is 2.17. The molecular weight excluding hydrogens is 863 g/mol. The molecule has 0 radical (unpaired) electrons. The van der Waals surface area contributed by atoms with Gasteiger partial charge in [-0.25, -0.2) is 0 Å². The summed E-state index contributed by atoms with van der Waals surface area (Å²) in [5, 5.41) is 53.6. The number of carboxylic acid groups (broad SMARTS) is 3. The Morgan fingerprint density at radius 3 is 1.70 bits per heavy atom. The third kappa shape index (κ3) is 18.6. The number of hydrogen-bond donors (Lipinski definition) is 8. The number of aryl methyl sites for hydroxylation is 2. The number of hydrogen-bond acceptors (Lipinski definition) is 10. The number of phenolic OH excluding ortho intramolecular Hbond substituents is 2. The molecule has 5 aromatic carbocycles. The van der Waals surface area contributed by atoms with Crippen LogP contribution in [0.5, 0.6) is 23.0 Å². The molecule has 5 aromatic rings. The Kier molecular flexibility index (Phi) is 22.4. The van der Waals surface area contributed by atoms with Crippen LogP contribution in [0, 0.1) is 6.92 Å². The molecule has 0 aliphatic carbocycles. The molecule has 0 saturated carbocycles. The quantitative estimate of drug-likeness (QED) is 0.0320. The maximum absolute atomic E-state index is 12.5. The van der Waals surface area contributed by atoms with E-state index in [9.17, 15) is 39.0 Å². The van der Waals surface area contributed by atoms with E-state index >= 15 is 0 Å². The van der Waals surface area contributed by atoms with E-state index in [1.807, 2.05) is 19.1 Å². The van der Waals surface area contributed by atoms with Crippen LogP contribution in [0.1, 0.15) is 112 Å². The van der Waals surface area contributed by atoms with Gasteiger partial charge in [0.1, 0.15) is 11.5 Å². The number of para-hydroxylation sites is 2. The summed E-state index contributed by atoms with van der Waals surface area (Å²) < 4.78 is 10.5. The third-order valence-electron chi connectivity index (χ3n) is 10.2. The molecule has 0 bridgehead atoms. The molecule has 8 N–H and O–H groups in total. The SMILES string of the molecule is CC(C(=O)O)c1ccc(NC(=O)c2ccccc2O)cc1.COc1cccc(C(=O)Nc2ccc(CCCC(=O)O)cc2)c1OC.Cc1ccc(C(=O)NCCCCCCCC(=O)O)c(O)c1. The van der Waals surface area contributed by atoms with Gasteiger partial charge in [0.25, 0.3) is 17.7 Å². The number of carbonyl (C=O) groups is 6. The van der Waals surface area contributed by atoms with E-state index < -0.39 is 29.7 Å². The van der Waals surface area contributed by atoms with Crippen molar-refractivity contribution in [1.29, 1.82) is 0 Å². The second kappa shape index (κ2) is 28.1. The molecule has 0 spiro atoms. The summed E-state index contributed by atoms with van der Waals surface area (Å²) in [4.78, 5) is 68.1. The van der Waals surface area contributed by atoms with Gasteiger partial charge in [0, 0.05) is 30.8 Å². The zero-order valence-electron chi connectivity index (χ0n) is 38.0. The molecule has 0 aromatic heterocycles. The lowest BCUT2D eigenvalue weighted by atomic mass is 10.0. The Balaban J connectivity index is 0.000000268. The van der Waals surface area contributed by atoms with Crippen molar-refractivity contribution in [2.24, 2.45) is 0 Å². The zero-order chi connectivity index (χ0) is 49.3. The molecule has 356 valence electrons. The summed E-state index contributed by atoms with van der Waals surface area (Å²) in [7, 11) is 3.00. The van der Waals surface area contributed by atoms with Crippen molar-refractivity contribution < 1.29 is 63.8 Å². The number of benzene rings is 5. The maximum Gasteiger partial charge on any atom is 0.310 e. The van der Waals surface area contributed by atoms with E-state index in [2.05, 4.69) is 16.0 Å². The van der Waals surface area contributed by atoms with Crippen molar-refractivity contribution in [2.75, 3.05) is 31.4 Å². The van der Waals surface area contributed by atoms with Gasteiger partial charge in [-0.05, 0) is 117 Å². The zero-order valence-corrected chi connectivity index (χ0v) is 38.0. The molecule has 0 aliphatic heterocycles. The number of unbranched alkanes of at least 4 members (excludes halogenated alkanes) is 4. The number of carboxylic acids is 3. The second-order valence-electron chi connectivity index (χ2n) is 15.3. The van der Waals surface area contributed by atoms with Crippen molar-refractivity contribution in [2.45, 2.75) is 77.6 Å². The van der Waals surface area contributed by atoms with Gasteiger partial charge in [-0.15, -0.1) is 0 Å². The second-order valence-corrected chi connectivity index (χ2v) is 15.3. The van der Waals surface area contributed by atoms with E-state index in [0.29, 0.717) is 65.4 Å². The summed E-state index contributed by atoms with van der Waals surface area (Å²) in [6.45, 7) is 4.01. The molecule has 16 nitrogen and oxygen atoms in total. The van der Waals surface area contributed by atoms with Crippen LogP contribution in [0.15, 0.2) is 109 Å². The number of methoxy groups -OCH3 is 2. The number of aliphatic carboxylic acids is 3. The Morgan fingerprint density at radius 1 is 0.567 bits per heavy atom. The highest BCUT2D eigenvalue weighted by atomic mass is 16.5. The minimum Gasteiger partial charge on any atom is -0.507 e. The fraction of sp³-hybridized carbons (Fsp3) is 0.294. The first kappa shape index (κ1) is 53.5. The van der Waals surface area contributed by atoms with Crippen molar-refractivity contribution in [1.82, 2.24) is 5.32 Å². The van der Waals surface area contributed by atoms with E-state index in [0.717, 1.165) is 36.8 Å². The fourth-order valence-electron chi connectivity index (χ4n) is 6.39. The van der Waals surface area contributed by atoms with Crippen LogP contribution >= 0.6 is 0 Å². The van der Waals surface area contributed by atoms with Crippen LogP contribution in [-0.4, -0.2) is 81.9 Å². The molecule has 0 heterocycles. The molecule has 5 rings (SSSR count). The van der Waals surface area contributed by atoms with E-state index in [1.165, 1.54) is 26.4 Å². The van der Waals surface area contributed by atoms with Crippen LogP contribution in [0.3, 0.4) is 0 Å². The summed E-state index contributed by atoms with van der Waals surface area (Å²) in [6, 6.07) is 30.2. The van der Waals surface area contributed by atoms with Gasteiger partial charge in [-0.3, -0.25) is 28.8 Å². The smallest absolute Gasteiger partial charge is 0.310 e. The molecule has 0 aliphatic rings. The Bertz CT molecular complexity index is 2420. The Labute approximate surface area is 389 Å². The van der Waals surface area contributed by atoms with Crippen molar-refractivity contribution >= 4 is 47.0 Å². The summed E-state index contributed by atoms with van der Waals surface area (Å²) in [5.74, 6) is -3.26. The highest BCUT2D eigenvalue weighted by Crippen LogP contribution is 2.31. The van der Waals surface area contributed by atoms with Gasteiger partial charge in [0.05, 0.1) is 36.8 Å². The summed E-state index contributed by atoms with van der Waals surface area (Å²) in [5.41, 5.74) is 4.63. The van der Waals surface area contributed by atoms with Gasteiger partial charge in [-0.2, -0.15) is 0 Å². The average Bonchev–Trinajstić information content (AvgIpc) is 3.30. The predicted octanol–water partition coefficient (Wildman–Crippen LogP) is 9.05. The van der Waals surface area contributed by atoms with Gasteiger partial charge in [0.15, 0.2) is 11.5 Å². The average molecular weight is 922 g/mol. The molecule has 16 heteroatoms. The molecule has 0 fully saturated rings. The Morgan fingerprint density at radius 2 is 1.12 bits per heavy atom. The highest BCUT2D eigenvalue weighted by molar-refractivity contribution is 6.07. The molecule has 3 amide bonds. The number of carbonyl (C=O) groups excluding carboxylic acids is 3. The number of nitrogens with one attached hydrogen (secondary N) is 3. The van der Waals surface area contributed by atoms with Crippen LogP contribution < -0.4 is 25.4 Å². The normalized spacial score (nSPS) is 10.7. The van der Waals surface area contributed by atoms with Crippen LogP contribution in [-0.2, 0) is 20.8 Å². The number of anilines is 2. The lowest BCUT2D eigenvalue weighted by Crippen LogP contribution is -2.24. The van der Waals surface area contributed by atoms with Crippen LogP contribution in [0.25, 0.3) is 0 Å². The molecule has 0 saturated heterocycles. The lowest BCUT2D eigenvalue weighted by Gasteiger charge is -2.12. The van der Waals surface area contributed by atoms with E-state index in [1.54, 1.807) is 91.9 Å². The first-order valence-corrected chi connectivity index (χ1v) is 21.6. The maximum atomic E-state index is 12.5. The lowest BCUT2D eigenvalue weighted by molar-refractivity contribution is -0.139. The summed E-state index contributed by atoms with van der Waals surface area (Å²) >= 11 is 0. The topological polar surface area (TPSA) is 258 Å². The first-order chi connectivity index (χ1) is 32.0. The molecular formula is C51H59N3O13. The minimum atomic E-state index is -0.902. The van der Waals surface area contributed by atoms with Crippen LogP contribution in [0.2, 0.25) is 0 Å². The number of aromatic hydroxyl groups is 2. The van der Waals surface area contributed by atoms with Crippen molar-refractivity contribution in [3.8, 4) is 23.0 Å². The largest absolute Gasteiger partial charge is 0.507 e. The number of amides is 3. The predicted molar refractivity (Wildman–Crippen MR) is 254 cm³/mol. The van der Waals surface area contributed by atoms with Gasteiger partial charge < -0.3 is 51.0 Å². The van der Waals surface area contributed by atoms with Gasteiger partial charge in [0.2, 0.25) is 0 Å². The number of phenols is 2. The van der Waals surface area contributed by atoms with Crippen molar-refractivity contribution in [3.63, 3.8) is 0 Å². The number of rotatable bonds is 21. The molecule has 1 unspecified atom stereocenters. The van der Waals surface area contributed by atoms with Gasteiger partial charge >= 0.3 is 17.9 Å². The van der Waals surface area contributed by atoms with Crippen LogP contribution in [0.4, 0.5) is 11.4 Å². The van der Waals surface area contributed by atoms with E-state index in [-0.39, 0.29) is 41.7 Å².